The molecule has 0 radical (unpaired) electrons. The number of hydrogen-bond donors (Lipinski definition) is 1. The molecule has 17 heavy (non-hydrogen) atoms. The van der Waals surface area contributed by atoms with Gasteiger partial charge in [-0.15, -0.1) is 11.3 Å². The lowest BCUT2D eigenvalue weighted by atomic mass is 10.3. The normalized spacial score (nSPS) is 10.4. The minimum Gasteiger partial charge on any atom is -0.342 e. The van der Waals surface area contributed by atoms with E-state index < -0.39 is 0 Å². The summed E-state index contributed by atoms with van der Waals surface area (Å²) >= 11 is 1.78. The van der Waals surface area contributed by atoms with E-state index in [1.54, 1.807) is 11.3 Å². The molecule has 0 aromatic carbocycles. The van der Waals surface area contributed by atoms with Gasteiger partial charge in [0, 0.05) is 31.2 Å². The molecule has 0 saturated carbocycles. The fourth-order valence-electron chi connectivity index (χ4n) is 1.75. The molecule has 0 bridgehead atoms. The van der Waals surface area contributed by atoms with Gasteiger partial charge in [-0.1, -0.05) is 0 Å². The van der Waals surface area contributed by atoms with E-state index in [0.717, 1.165) is 18.7 Å². The van der Waals surface area contributed by atoms with Crippen molar-refractivity contribution >= 4 is 11.3 Å². The third kappa shape index (κ3) is 2.76. The van der Waals surface area contributed by atoms with Crippen LogP contribution in [0.3, 0.4) is 0 Å². The summed E-state index contributed by atoms with van der Waals surface area (Å²) in [6.45, 7) is 3.82. The highest BCUT2D eigenvalue weighted by Crippen LogP contribution is 2.15. The first-order valence-corrected chi connectivity index (χ1v) is 6.37. The van der Waals surface area contributed by atoms with Gasteiger partial charge in [-0.2, -0.15) is 5.26 Å². The summed E-state index contributed by atoms with van der Waals surface area (Å²) in [5.74, 6) is 0. The van der Waals surface area contributed by atoms with Crippen LogP contribution in [0.4, 0.5) is 0 Å². The van der Waals surface area contributed by atoms with Crippen molar-refractivity contribution in [2.45, 2.75) is 20.0 Å². The van der Waals surface area contributed by atoms with Crippen LogP contribution in [-0.2, 0) is 20.1 Å². The van der Waals surface area contributed by atoms with Crippen molar-refractivity contribution < 1.29 is 0 Å². The average molecular weight is 245 g/mol. The van der Waals surface area contributed by atoms with Crippen LogP contribution in [0.2, 0.25) is 0 Å². The summed E-state index contributed by atoms with van der Waals surface area (Å²) in [5.41, 5.74) is 3.20. The highest BCUT2D eigenvalue weighted by atomic mass is 32.1. The van der Waals surface area contributed by atoms with E-state index in [0.29, 0.717) is 5.69 Å². The SMILES string of the molecule is Cc1ccsc1CNCc1cc(C#N)n(C)c1. The molecule has 0 spiro atoms. The molecular weight excluding hydrogens is 230 g/mol. The molecule has 2 heterocycles. The largest absolute Gasteiger partial charge is 0.342 e. The maximum Gasteiger partial charge on any atom is 0.120 e. The Morgan fingerprint density at radius 3 is 2.88 bits per heavy atom. The van der Waals surface area contributed by atoms with Crippen molar-refractivity contribution in [1.82, 2.24) is 9.88 Å². The van der Waals surface area contributed by atoms with E-state index in [1.807, 2.05) is 23.9 Å². The number of thiophene rings is 1. The van der Waals surface area contributed by atoms with Crippen molar-refractivity contribution in [3.63, 3.8) is 0 Å². The van der Waals surface area contributed by atoms with Crippen LogP contribution in [0.15, 0.2) is 23.7 Å². The van der Waals surface area contributed by atoms with Gasteiger partial charge in [0.2, 0.25) is 0 Å². The first kappa shape index (κ1) is 11.9. The van der Waals surface area contributed by atoms with Gasteiger partial charge in [0.1, 0.15) is 11.8 Å². The van der Waals surface area contributed by atoms with Crippen LogP contribution in [0.5, 0.6) is 0 Å². The molecule has 0 amide bonds. The highest BCUT2D eigenvalue weighted by molar-refractivity contribution is 7.10. The van der Waals surface area contributed by atoms with Gasteiger partial charge in [-0.25, -0.2) is 0 Å². The molecule has 0 atom stereocenters. The number of aryl methyl sites for hydroxylation is 2. The molecule has 2 aromatic rings. The van der Waals surface area contributed by atoms with Crippen molar-refractivity contribution in [2.75, 3.05) is 0 Å². The van der Waals surface area contributed by atoms with E-state index in [2.05, 4.69) is 29.8 Å². The smallest absolute Gasteiger partial charge is 0.120 e. The van der Waals surface area contributed by atoms with Gasteiger partial charge in [-0.3, -0.25) is 0 Å². The topological polar surface area (TPSA) is 40.8 Å². The summed E-state index contributed by atoms with van der Waals surface area (Å²) in [7, 11) is 1.89. The first-order valence-electron chi connectivity index (χ1n) is 5.49. The first-order chi connectivity index (χ1) is 8.20. The maximum atomic E-state index is 8.85. The number of aromatic nitrogens is 1. The molecule has 4 heteroatoms. The Kier molecular flexibility index (Phi) is 3.62. The molecule has 0 aliphatic carbocycles. The Morgan fingerprint density at radius 1 is 1.47 bits per heavy atom. The van der Waals surface area contributed by atoms with Gasteiger partial charge in [0.05, 0.1) is 0 Å². The van der Waals surface area contributed by atoms with Crippen LogP contribution in [0, 0.1) is 18.3 Å². The zero-order chi connectivity index (χ0) is 12.3. The molecule has 0 aliphatic rings. The van der Waals surface area contributed by atoms with E-state index in [4.69, 9.17) is 5.26 Å². The Morgan fingerprint density at radius 2 is 2.29 bits per heavy atom. The maximum absolute atomic E-state index is 8.85. The van der Waals surface area contributed by atoms with Crippen LogP contribution < -0.4 is 5.32 Å². The van der Waals surface area contributed by atoms with Gasteiger partial charge >= 0.3 is 0 Å². The highest BCUT2D eigenvalue weighted by Gasteiger charge is 2.03. The Hall–Kier alpha value is -1.57. The fourth-order valence-corrected chi connectivity index (χ4v) is 2.62. The number of hydrogen-bond acceptors (Lipinski definition) is 3. The lowest BCUT2D eigenvalue weighted by Crippen LogP contribution is -2.11. The van der Waals surface area contributed by atoms with Crippen molar-refractivity contribution in [3.8, 4) is 6.07 Å². The molecule has 1 N–H and O–H groups in total. The second kappa shape index (κ2) is 5.17. The Bertz CT molecular complexity index is 545. The van der Waals surface area contributed by atoms with Gasteiger partial charge in [0.15, 0.2) is 0 Å². The number of nitrogens with one attached hydrogen (secondary N) is 1. The summed E-state index contributed by atoms with van der Waals surface area (Å²) in [6, 6.07) is 6.23. The van der Waals surface area contributed by atoms with Crippen LogP contribution in [0.1, 0.15) is 21.7 Å². The number of nitrogens with zero attached hydrogens (tertiary/aromatic N) is 2. The standard InChI is InChI=1S/C13H15N3S/c1-10-3-4-17-13(10)8-15-7-11-5-12(6-14)16(2)9-11/h3-5,9,15H,7-8H2,1-2H3. The van der Waals surface area contributed by atoms with Crippen LogP contribution >= 0.6 is 11.3 Å². The van der Waals surface area contributed by atoms with Gasteiger partial charge < -0.3 is 9.88 Å². The quantitative estimate of drug-likeness (QED) is 0.899. The minimum atomic E-state index is 0.703. The monoisotopic (exact) mass is 245 g/mol. The minimum absolute atomic E-state index is 0.703. The van der Waals surface area contributed by atoms with Crippen molar-refractivity contribution in [2.24, 2.45) is 7.05 Å². The Labute approximate surface area is 105 Å². The molecule has 3 nitrogen and oxygen atoms in total. The lowest BCUT2D eigenvalue weighted by molar-refractivity contribution is 0.697. The zero-order valence-corrected chi connectivity index (χ0v) is 10.8. The van der Waals surface area contributed by atoms with Crippen LogP contribution in [0.25, 0.3) is 0 Å². The van der Waals surface area contributed by atoms with Crippen molar-refractivity contribution in [1.29, 1.82) is 5.26 Å². The summed E-state index contributed by atoms with van der Waals surface area (Å²) < 4.78 is 1.85. The zero-order valence-electron chi connectivity index (χ0n) is 10.0. The van der Waals surface area contributed by atoms with E-state index in [9.17, 15) is 0 Å². The molecule has 0 unspecified atom stereocenters. The van der Waals surface area contributed by atoms with E-state index in [-0.39, 0.29) is 0 Å². The van der Waals surface area contributed by atoms with Gasteiger partial charge in [-0.05, 0) is 35.6 Å². The van der Waals surface area contributed by atoms with Crippen LogP contribution in [-0.4, -0.2) is 4.57 Å². The molecule has 0 aliphatic heterocycles. The Balaban J connectivity index is 1.90. The number of rotatable bonds is 4. The third-order valence-corrected chi connectivity index (χ3v) is 3.78. The van der Waals surface area contributed by atoms with E-state index >= 15 is 0 Å². The second-order valence-corrected chi connectivity index (χ2v) is 5.09. The predicted octanol–water partition coefficient (Wildman–Crippen LogP) is 2.56. The predicted molar refractivity (Wildman–Crippen MR) is 69.7 cm³/mol. The van der Waals surface area contributed by atoms with Gasteiger partial charge in [0.25, 0.3) is 0 Å². The fraction of sp³-hybridized carbons (Fsp3) is 0.308. The lowest BCUT2D eigenvalue weighted by Gasteiger charge is -2.02. The van der Waals surface area contributed by atoms with E-state index in [1.165, 1.54) is 10.4 Å². The molecule has 2 aromatic heterocycles. The number of nitriles is 1. The molecule has 88 valence electrons. The second-order valence-electron chi connectivity index (χ2n) is 4.09. The average Bonchev–Trinajstić information content (AvgIpc) is 2.86. The molecule has 0 fully saturated rings. The third-order valence-electron chi connectivity index (χ3n) is 2.76. The summed E-state index contributed by atoms with van der Waals surface area (Å²) in [5, 5.41) is 14.4. The molecular formula is C13H15N3S. The van der Waals surface area contributed by atoms with Crippen molar-refractivity contribution in [3.05, 3.63) is 45.4 Å². The summed E-state index contributed by atoms with van der Waals surface area (Å²) in [6.07, 6.45) is 1.99. The molecule has 2 rings (SSSR count). The summed E-state index contributed by atoms with van der Waals surface area (Å²) in [4.78, 5) is 1.38. The molecule has 0 saturated heterocycles.